The minimum absolute atomic E-state index is 0.0427. The number of hydrogen-bond acceptors (Lipinski definition) is 10. The number of esters is 1. The van der Waals surface area contributed by atoms with E-state index >= 15 is 0 Å². The number of benzene rings is 2. The first-order valence-corrected chi connectivity index (χ1v) is 13.5. The summed E-state index contributed by atoms with van der Waals surface area (Å²) in [5.74, 6) is -0.637. The molecule has 0 radical (unpaired) electrons. The fourth-order valence-electron chi connectivity index (χ4n) is 3.62. The van der Waals surface area contributed by atoms with Gasteiger partial charge in [-0.15, -0.1) is 5.01 Å². The highest BCUT2D eigenvalue weighted by atomic mass is 32.2. The third kappa shape index (κ3) is 7.25. The second-order valence-corrected chi connectivity index (χ2v) is 10.6. The van der Waals surface area contributed by atoms with Gasteiger partial charge in [0.2, 0.25) is 5.28 Å². The molecule has 0 bridgehead atoms. The van der Waals surface area contributed by atoms with E-state index in [4.69, 9.17) is 4.74 Å². The molecule has 2 aromatic carbocycles. The molecule has 1 aliphatic heterocycles. The maximum atomic E-state index is 13.4. The smallest absolute Gasteiger partial charge is 0.435 e. The monoisotopic (exact) mass is 612 g/mol. The van der Waals surface area contributed by atoms with Crippen LogP contribution in [0, 0.1) is 12.1 Å². The van der Waals surface area contributed by atoms with E-state index < -0.39 is 46.9 Å². The molecular weight excluding hydrogens is 589 g/mol. The number of rotatable bonds is 9. The van der Waals surface area contributed by atoms with Crippen molar-refractivity contribution in [3.8, 4) is 16.9 Å². The van der Waals surface area contributed by atoms with Crippen molar-refractivity contribution in [1.82, 2.24) is 19.5 Å². The first kappa shape index (κ1) is 30.1. The highest BCUT2D eigenvalue weighted by molar-refractivity contribution is 7.90. The maximum Gasteiger partial charge on any atom is 0.435 e. The minimum Gasteiger partial charge on any atom is -0.569 e. The van der Waals surface area contributed by atoms with Crippen molar-refractivity contribution < 1.29 is 50.5 Å². The zero-order valence-corrected chi connectivity index (χ0v) is 22.8. The fourth-order valence-corrected chi connectivity index (χ4v) is 4.50. The first-order chi connectivity index (χ1) is 19.7. The maximum absolute atomic E-state index is 13.4. The summed E-state index contributed by atoms with van der Waals surface area (Å²) in [6, 6.07) is 12.3. The number of sulfonamides is 1. The second-order valence-electron chi connectivity index (χ2n) is 8.91. The molecule has 1 fully saturated rings. The molecule has 0 aliphatic carbocycles. The molecule has 1 aliphatic rings. The number of alkyl halides is 3. The summed E-state index contributed by atoms with van der Waals surface area (Å²) >= 11 is 0. The fraction of sp³-hybridized carbons (Fsp3) is 0.292. The van der Waals surface area contributed by atoms with Gasteiger partial charge < -0.3 is 19.5 Å². The molecule has 0 spiro atoms. The molecule has 1 N–H and O–H groups in total. The van der Waals surface area contributed by atoms with Gasteiger partial charge in [-0.25, -0.2) is 22.6 Å². The van der Waals surface area contributed by atoms with Gasteiger partial charge in [0, 0.05) is 12.5 Å². The number of nitrogens with one attached hydrogen (secondary N) is 1. The Hall–Kier alpha value is -4.87. The lowest BCUT2D eigenvalue weighted by molar-refractivity contribution is -0.727. The normalized spacial score (nSPS) is 14.2. The van der Waals surface area contributed by atoms with Crippen molar-refractivity contribution in [3.63, 3.8) is 0 Å². The van der Waals surface area contributed by atoms with Crippen LogP contribution in [0.1, 0.15) is 18.2 Å². The average Bonchev–Trinajstić information content (AvgIpc) is 3.35. The van der Waals surface area contributed by atoms with Crippen molar-refractivity contribution in [2.45, 2.75) is 31.0 Å². The van der Waals surface area contributed by atoms with Gasteiger partial charge in [0.1, 0.15) is 19.2 Å². The lowest BCUT2D eigenvalue weighted by atomic mass is 10.1. The van der Waals surface area contributed by atoms with E-state index in [0.29, 0.717) is 5.56 Å². The molecule has 14 nitrogen and oxygen atoms in total. The lowest BCUT2D eigenvalue weighted by Crippen LogP contribution is -2.56. The van der Waals surface area contributed by atoms with Crippen LogP contribution in [0.25, 0.3) is 16.9 Å². The molecule has 0 atom stereocenters. The second kappa shape index (κ2) is 11.9. The minimum atomic E-state index is -4.71. The van der Waals surface area contributed by atoms with Crippen molar-refractivity contribution >= 4 is 22.1 Å². The number of hydrazine groups is 1. The molecule has 2 heterocycles. The van der Waals surface area contributed by atoms with Gasteiger partial charge in [0.05, 0.1) is 21.2 Å². The third-order valence-electron chi connectivity index (χ3n) is 5.74. The Balaban J connectivity index is 1.39. The number of amides is 1. The Kier molecular flexibility index (Phi) is 8.55. The SMILES string of the molecule is CC(=O)OCO/N=[N+](/[O-])N1CC(OC(=O)NS(=O)(=O)c2ccc(-n3nc(C(F)(F)F)cc3-c3ccc(C)cc3)cc2)C1. The van der Waals surface area contributed by atoms with Gasteiger partial charge in [-0.3, -0.25) is 4.79 Å². The van der Waals surface area contributed by atoms with Crippen molar-refractivity contribution in [3.05, 3.63) is 71.1 Å². The molecule has 224 valence electrons. The predicted molar refractivity (Wildman–Crippen MR) is 135 cm³/mol. The van der Waals surface area contributed by atoms with Crippen molar-refractivity contribution in [2.75, 3.05) is 19.9 Å². The van der Waals surface area contributed by atoms with Gasteiger partial charge in [0.25, 0.3) is 16.8 Å². The van der Waals surface area contributed by atoms with Crippen LogP contribution in [-0.4, -0.2) is 66.2 Å². The largest absolute Gasteiger partial charge is 0.569 e. The van der Waals surface area contributed by atoms with Crippen LogP contribution >= 0.6 is 0 Å². The van der Waals surface area contributed by atoms with Crippen LogP contribution in [-0.2, 0) is 35.3 Å². The zero-order chi connectivity index (χ0) is 30.7. The highest BCUT2D eigenvalue weighted by Crippen LogP contribution is 2.33. The Morgan fingerprint density at radius 1 is 1.14 bits per heavy atom. The molecular formula is C24H23F3N6O8S. The Morgan fingerprint density at radius 2 is 1.79 bits per heavy atom. The summed E-state index contributed by atoms with van der Waals surface area (Å²) in [7, 11) is -4.43. The molecule has 0 unspecified atom stereocenters. The summed E-state index contributed by atoms with van der Waals surface area (Å²) in [5, 5.41) is 19.5. The average molecular weight is 613 g/mol. The van der Waals surface area contributed by atoms with E-state index in [1.54, 1.807) is 29.0 Å². The van der Waals surface area contributed by atoms with Gasteiger partial charge in [0.15, 0.2) is 5.69 Å². The van der Waals surface area contributed by atoms with E-state index in [-0.39, 0.29) is 34.3 Å². The van der Waals surface area contributed by atoms with E-state index in [1.807, 2.05) is 6.92 Å². The summed E-state index contributed by atoms with van der Waals surface area (Å²) in [5.41, 5.74) is 0.511. The van der Waals surface area contributed by atoms with Gasteiger partial charge in [-0.05, 0) is 37.3 Å². The van der Waals surface area contributed by atoms with E-state index in [0.717, 1.165) is 40.4 Å². The summed E-state index contributed by atoms with van der Waals surface area (Å²) < 4.78 is 77.8. The Labute approximate surface area is 236 Å². The number of aromatic nitrogens is 2. The molecule has 1 aromatic heterocycles. The molecule has 18 heteroatoms. The molecule has 1 amide bonds. The standard InChI is InChI=1S/C24H23F3N6O8S/c1-15-3-5-17(6-4-15)21-11-22(24(25,26)27)28-32(21)18-7-9-20(10-8-18)42(37,38)29-23(35)41-19-12-31(13-19)33(36)30-40-14-39-16(2)34/h3-11,19H,12-14H2,1-2H3,(H,29,35)/b33-30+. The van der Waals surface area contributed by atoms with Gasteiger partial charge in [-0.2, -0.15) is 18.3 Å². The number of carbonyl (C=O) groups excluding carboxylic acids is 2. The van der Waals surface area contributed by atoms with Crippen LogP contribution in [0.5, 0.6) is 0 Å². The number of ether oxygens (including phenoxy) is 2. The molecule has 42 heavy (non-hydrogen) atoms. The number of halogens is 3. The van der Waals surface area contributed by atoms with E-state index in [1.165, 1.54) is 12.1 Å². The third-order valence-corrected chi connectivity index (χ3v) is 7.07. The van der Waals surface area contributed by atoms with E-state index in [9.17, 15) is 36.4 Å². The topological polar surface area (TPSA) is 167 Å². The van der Waals surface area contributed by atoms with E-state index in [2.05, 4.69) is 20.0 Å². The number of carbonyl (C=O) groups is 2. The van der Waals surface area contributed by atoms with Gasteiger partial charge in [-0.1, -0.05) is 29.8 Å². The van der Waals surface area contributed by atoms with Crippen molar-refractivity contribution in [1.29, 1.82) is 0 Å². The first-order valence-electron chi connectivity index (χ1n) is 12.0. The molecule has 4 rings (SSSR count). The summed E-state index contributed by atoms with van der Waals surface area (Å²) in [6.45, 7) is 2.14. The van der Waals surface area contributed by atoms with Crippen LogP contribution in [0.4, 0.5) is 18.0 Å². The number of aryl methyl sites for hydroxylation is 1. The quantitative estimate of drug-likeness (QED) is 0.0946. The summed E-state index contributed by atoms with van der Waals surface area (Å²) in [6.07, 6.45) is -6.87. The highest BCUT2D eigenvalue weighted by Gasteiger charge is 2.37. The summed E-state index contributed by atoms with van der Waals surface area (Å²) in [4.78, 5) is 26.9. The zero-order valence-electron chi connectivity index (χ0n) is 21.9. The van der Waals surface area contributed by atoms with Crippen LogP contribution in [0.3, 0.4) is 0 Å². The van der Waals surface area contributed by atoms with Crippen LogP contribution in [0.15, 0.2) is 64.8 Å². The predicted octanol–water partition coefficient (Wildman–Crippen LogP) is 3.30. The Morgan fingerprint density at radius 3 is 2.38 bits per heavy atom. The lowest BCUT2D eigenvalue weighted by Gasteiger charge is -2.33. The van der Waals surface area contributed by atoms with Crippen LogP contribution < -0.4 is 4.72 Å². The van der Waals surface area contributed by atoms with Crippen molar-refractivity contribution in [2.24, 2.45) is 5.28 Å². The number of hydrogen-bond donors (Lipinski definition) is 1. The Bertz CT molecular complexity index is 1590. The van der Waals surface area contributed by atoms with Crippen LogP contribution in [0.2, 0.25) is 0 Å². The molecule has 0 saturated carbocycles. The van der Waals surface area contributed by atoms with Gasteiger partial charge >= 0.3 is 18.2 Å². The molecule has 3 aromatic rings. The molecule has 1 saturated heterocycles. The number of nitrogens with zero attached hydrogens (tertiary/aromatic N) is 5.